The number of carbonyl (C=O) groups is 1. The number of fused-ring (bicyclic) bond motifs is 2. The molecule has 4 rings (SSSR count). The molecule has 0 saturated carbocycles. The minimum Gasteiger partial charge on any atom is -0.285 e. The summed E-state index contributed by atoms with van der Waals surface area (Å²) < 4.78 is 1.62. The van der Waals surface area contributed by atoms with Gasteiger partial charge in [-0.1, -0.05) is 11.6 Å². The van der Waals surface area contributed by atoms with Crippen LogP contribution < -0.4 is 5.01 Å². The fourth-order valence-electron chi connectivity index (χ4n) is 2.87. The molecule has 7 heteroatoms. The van der Waals surface area contributed by atoms with Gasteiger partial charge in [0.15, 0.2) is 5.69 Å². The molecule has 3 aromatic heterocycles. The highest BCUT2D eigenvalue weighted by Gasteiger charge is 2.27. The molecule has 4 heterocycles. The Bertz CT molecular complexity index is 906. The second-order valence-electron chi connectivity index (χ2n) is 5.45. The Balaban J connectivity index is 1.68. The van der Waals surface area contributed by atoms with Gasteiger partial charge in [0.1, 0.15) is 0 Å². The minimum absolute atomic E-state index is 0.130. The predicted octanol–water partition coefficient (Wildman–Crippen LogP) is 2.43. The van der Waals surface area contributed by atoms with Crippen LogP contribution in [0.3, 0.4) is 0 Å². The molecule has 0 aliphatic carbocycles. The van der Waals surface area contributed by atoms with Crippen LogP contribution in [0.4, 0.5) is 5.69 Å². The minimum atomic E-state index is -0.130. The van der Waals surface area contributed by atoms with E-state index in [0.29, 0.717) is 17.3 Å². The molecule has 0 atom stereocenters. The van der Waals surface area contributed by atoms with E-state index in [4.69, 9.17) is 11.6 Å². The SMILES string of the molecule is CN1c2ccncc2CCN1C(=O)c1cc2ccc(Cl)cn2n1. The van der Waals surface area contributed by atoms with Crippen LogP contribution in [0.1, 0.15) is 16.1 Å². The molecule has 0 bridgehead atoms. The molecule has 0 unspecified atom stereocenters. The average molecular weight is 328 g/mol. The number of pyridine rings is 2. The zero-order valence-corrected chi connectivity index (χ0v) is 13.2. The molecular formula is C16H14ClN5O. The maximum atomic E-state index is 12.8. The van der Waals surface area contributed by atoms with Gasteiger partial charge in [0.2, 0.25) is 0 Å². The van der Waals surface area contributed by atoms with E-state index in [2.05, 4.69) is 10.1 Å². The summed E-state index contributed by atoms with van der Waals surface area (Å²) in [6.07, 6.45) is 6.05. The highest BCUT2D eigenvalue weighted by Crippen LogP contribution is 2.26. The first kappa shape index (κ1) is 14.0. The normalized spacial score (nSPS) is 14.2. The monoisotopic (exact) mass is 327 g/mol. The van der Waals surface area contributed by atoms with Crippen molar-refractivity contribution < 1.29 is 4.79 Å². The molecule has 0 spiro atoms. The summed E-state index contributed by atoms with van der Waals surface area (Å²) in [4.78, 5) is 17.0. The van der Waals surface area contributed by atoms with Crippen molar-refractivity contribution in [2.75, 3.05) is 18.6 Å². The molecule has 0 fully saturated rings. The van der Waals surface area contributed by atoms with Gasteiger partial charge in [0.25, 0.3) is 5.91 Å². The topological polar surface area (TPSA) is 53.7 Å². The first-order chi connectivity index (χ1) is 11.1. The van der Waals surface area contributed by atoms with E-state index < -0.39 is 0 Å². The smallest absolute Gasteiger partial charge is 0.285 e. The van der Waals surface area contributed by atoms with Gasteiger partial charge in [-0.25, -0.2) is 9.52 Å². The van der Waals surface area contributed by atoms with Crippen molar-refractivity contribution in [2.24, 2.45) is 0 Å². The van der Waals surface area contributed by atoms with Gasteiger partial charge in [-0.05, 0) is 36.2 Å². The van der Waals surface area contributed by atoms with E-state index in [0.717, 1.165) is 23.2 Å². The van der Waals surface area contributed by atoms with Crippen molar-refractivity contribution in [1.29, 1.82) is 0 Å². The summed E-state index contributed by atoms with van der Waals surface area (Å²) in [7, 11) is 1.88. The number of hydrogen-bond acceptors (Lipinski definition) is 4. The number of anilines is 1. The van der Waals surface area contributed by atoms with Gasteiger partial charge in [-0.15, -0.1) is 0 Å². The molecule has 23 heavy (non-hydrogen) atoms. The Morgan fingerprint density at radius 2 is 2.17 bits per heavy atom. The summed E-state index contributed by atoms with van der Waals surface area (Å²) in [5, 5.41) is 8.48. The lowest BCUT2D eigenvalue weighted by Gasteiger charge is -2.38. The summed E-state index contributed by atoms with van der Waals surface area (Å²) in [5.74, 6) is -0.130. The lowest BCUT2D eigenvalue weighted by molar-refractivity contribution is 0.0732. The Kier molecular flexibility index (Phi) is 3.20. The number of amides is 1. The van der Waals surface area contributed by atoms with Gasteiger partial charge in [-0.2, -0.15) is 5.10 Å². The van der Waals surface area contributed by atoms with Crippen LogP contribution in [0, 0.1) is 0 Å². The van der Waals surface area contributed by atoms with E-state index in [-0.39, 0.29) is 5.91 Å². The van der Waals surface area contributed by atoms with Crippen molar-refractivity contribution in [3.8, 4) is 0 Å². The van der Waals surface area contributed by atoms with Gasteiger partial charge in [0, 0.05) is 32.2 Å². The number of rotatable bonds is 1. The van der Waals surface area contributed by atoms with Gasteiger partial charge in [-0.3, -0.25) is 14.8 Å². The van der Waals surface area contributed by atoms with Gasteiger partial charge >= 0.3 is 0 Å². The zero-order chi connectivity index (χ0) is 16.0. The quantitative estimate of drug-likeness (QED) is 0.689. The number of hydrogen-bond donors (Lipinski definition) is 0. The van der Waals surface area contributed by atoms with Gasteiger partial charge in [0.05, 0.1) is 16.2 Å². The Labute approximate surface area is 137 Å². The fourth-order valence-corrected chi connectivity index (χ4v) is 3.03. The van der Waals surface area contributed by atoms with Crippen molar-refractivity contribution in [3.05, 3.63) is 59.1 Å². The number of nitrogens with zero attached hydrogens (tertiary/aromatic N) is 5. The molecule has 0 radical (unpaired) electrons. The molecule has 1 amide bonds. The van der Waals surface area contributed by atoms with Crippen LogP contribution in [0.15, 0.2) is 42.9 Å². The highest BCUT2D eigenvalue weighted by atomic mass is 35.5. The van der Waals surface area contributed by atoms with E-state index in [9.17, 15) is 4.79 Å². The summed E-state index contributed by atoms with van der Waals surface area (Å²) >= 11 is 5.97. The lowest BCUT2D eigenvalue weighted by Crippen LogP contribution is -2.48. The molecule has 1 aliphatic heterocycles. The van der Waals surface area contributed by atoms with Crippen molar-refractivity contribution in [2.45, 2.75) is 6.42 Å². The van der Waals surface area contributed by atoms with E-state index in [1.807, 2.05) is 30.4 Å². The predicted molar refractivity (Wildman–Crippen MR) is 87.6 cm³/mol. The Hall–Kier alpha value is -2.60. The molecular weight excluding hydrogens is 314 g/mol. The number of halogens is 1. The maximum absolute atomic E-state index is 12.8. The Morgan fingerprint density at radius 1 is 1.30 bits per heavy atom. The van der Waals surface area contributed by atoms with E-state index in [1.165, 1.54) is 0 Å². The molecule has 3 aromatic rings. The van der Waals surface area contributed by atoms with E-state index >= 15 is 0 Å². The van der Waals surface area contributed by atoms with Crippen LogP contribution in [-0.2, 0) is 6.42 Å². The molecule has 0 saturated heterocycles. The third-order valence-electron chi connectivity index (χ3n) is 4.06. The first-order valence-corrected chi connectivity index (χ1v) is 7.64. The van der Waals surface area contributed by atoms with Crippen molar-refractivity contribution in [1.82, 2.24) is 19.6 Å². The summed E-state index contributed by atoms with van der Waals surface area (Å²) in [5.41, 5.74) is 3.37. The first-order valence-electron chi connectivity index (χ1n) is 7.27. The average Bonchev–Trinajstić information content (AvgIpc) is 2.98. The third-order valence-corrected chi connectivity index (χ3v) is 4.28. The largest absolute Gasteiger partial charge is 0.292 e. The molecule has 0 aromatic carbocycles. The van der Waals surface area contributed by atoms with Crippen LogP contribution in [0.25, 0.3) is 5.52 Å². The standard InChI is InChI=1S/C16H14ClN5O/c1-20-15-4-6-18-9-11(15)5-7-22(20)16(23)14-8-13-3-2-12(17)10-21(13)19-14/h2-4,6,8-10H,5,7H2,1H3. The van der Waals surface area contributed by atoms with Crippen molar-refractivity contribution in [3.63, 3.8) is 0 Å². The van der Waals surface area contributed by atoms with Crippen LogP contribution >= 0.6 is 11.6 Å². The van der Waals surface area contributed by atoms with Crippen LogP contribution in [0.5, 0.6) is 0 Å². The molecule has 0 N–H and O–H groups in total. The summed E-state index contributed by atoms with van der Waals surface area (Å²) in [6, 6.07) is 7.31. The zero-order valence-electron chi connectivity index (χ0n) is 12.5. The molecule has 6 nitrogen and oxygen atoms in total. The number of aromatic nitrogens is 3. The second kappa shape index (κ2) is 5.24. The van der Waals surface area contributed by atoms with Gasteiger partial charge < -0.3 is 0 Å². The highest BCUT2D eigenvalue weighted by molar-refractivity contribution is 6.30. The molecule has 1 aliphatic rings. The Morgan fingerprint density at radius 3 is 3.04 bits per heavy atom. The van der Waals surface area contributed by atoms with Crippen LogP contribution in [-0.4, -0.2) is 39.1 Å². The van der Waals surface area contributed by atoms with Crippen LogP contribution in [0.2, 0.25) is 5.02 Å². The number of carbonyl (C=O) groups excluding carboxylic acids is 1. The third kappa shape index (κ3) is 2.31. The van der Waals surface area contributed by atoms with E-state index in [1.54, 1.807) is 34.1 Å². The molecule has 116 valence electrons. The maximum Gasteiger partial charge on any atom is 0.292 e. The second-order valence-corrected chi connectivity index (χ2v) is 5.89. The lowest BCUT2D eigenvalue weighted by atomic mass is 10.1. The fraction of sp³-hybridized carbons (Fsp3) is 0.188. The van der Waals surface area contributed by atoms with Crippen molar-refractivity contribution >= 4 is 28.7 Å². The number of hydrazine groups is 1. The summed E-state index contributed by atoms with van der Waals surface area (Å²) in [6.45, 7) is 0.600.